The third kappa shape index (κ3) is 10.3. The third-order valence-corrected chi connectivity index (χ3v) is 4.83. The molecule has 0 saturated heterocycles. The first-order chi connectivity index (χ1) is 16.3. The lowest BCUT2D eigenvalue weighted by molar-refractivity contribution is -0.178. The summed E-state index contributed by atoms with van der Waals surface area (Å²) < 4.78 is 34.6. The lowest BCUT2D eigenvalue weighted by Gasteiger charge is -2.30. The second-order valence-electron chi connectivity index (χ2n) is 7.89. The summed E-state index contributed by atoms with van der Waals surface area (Å²) in [6.07, 6.45) is 2.51. The predicted molar refractivity (Wildman–Crippen MR) is 121 cm³/mol. The van der Waals surface area contributed by atoms with Gasteiger partial charge in [-0.15, -0.1) is 0 Å². The van der Waals surface area contributed by atoms with E-state index in [1.807, 2.05) is 20.8 Å². The smallest absolute Gasteiger partial charge is 0.351 e. The van der Waals surface area contributed by atoms with Gasteiger partial charge < -0.3 is 18.9 Å². The summed E-state index contributed by atoms with van der Waals surface area (Å²) in [5, 5.41) is 0. The Hall–Kier alpha value is -2.97. The summed E-state index contributed by atoms with van der Waals surface area (Å²) in [6, 6.07) is 4.65. The molecule has 34 heavy (non-hydrogen) atoms. The maximum Gasteiger partial charge on any atom is 0.351 e. The molecule has 0 heterocycles. The normalized spacial score (nSPS) is 10.9. The molecule has 0 aliphatic carbocycles. The standard InChI is InChI=1S/C25H35FO8/c1-4-7-13-31-21(27)17-25(24(30)33-15-9-6-3,18-22(28)32-14-8-5-2)34-23(29)19-11-10-12-20(26)16-19/h10-12,16H,4-9,13-15,17-18H2,1-3H3. The highest BCUT2D eigenvalue weighted by atomic mass is 19.1. The van der Waals surface area contributed by atoms with Gasteiger partial charge in [-0.25, -0.2) is 14.0 Å². The number of hydrogen-bond donors (Lipinski definition) is 0. The Balaban J connectivity index is 3.26. The fourth-order valence-corrected chi connectivity index (χ4v) is 2.84. The minimum Gasteiger partial charge on any atom is -0.466 e. The topological polar surface area (TPSA) is 105 Å². The zero-order valence-corrected chi connectivity index (χ0v) is 20.2. The van der Waals surface area contributed by atoms with Crippen LogP contribution in [0.5, 0.6) is 0 Å². The zero-order valence-electron chi connectivity index (χ0n) is 20.2. The van der Waals surface area contributed by atoms with Crippen LogP contribution in [0.25, 0.3) is 0 Å². The molecule has 0 aromatic heterocycles. The summed E-state index contributed by atoms with van der Waals surface area (Å²) in [5.74, 6) is -4.52. The van der Waals surface area contributed by atoms with Crippen molar-refractivity contribution in [3.05, 3.63) is 35.6 Å². The van der Waals surface area contributed by atoms with E-state index < -0.39 is 48.1 Å². The number of rotatable bonds is 16. The molecule has 9 heteroatoms. The molecule has 0 spiro atoms. The van der Waals surface area contributed by atoms with E-state index >= 15 is 0 Å². The van der Waals surface area contributed by atoms with Crippen molar-refractivity contribution in [3.63, 3.8) is 0 Å². The van der Waals surface area contributed by atoms with Gasteiger partial charge in [0.05, 0.1) is 38.2 Å². The number of carbonyl (C=O) groups is 4. The first-order valence-electron chi connectivity index (χ1n) is 11.7. The van der Waals surface area contributed by atoms with Gasteiger partial charge in [-0.3, -0.25) is 9.59 Å². The van der Waals surface area contributed by atoms with Gasteiger partial charge >= 0.3 is 23.9 Å². The molecule has 0 atom stereocenters. The number of esters is 4. The quantitative estimate of drug-likeness (QED) is 0.192. The molecule has 1 aromatic carbocycles. The molecule has 0 bridgehead atoms. The molecule has 0 unspecified atom stereocenters. The molecule has 0 N–H and O–H groups in total. The van der Waals surface area contributed by atoms with Crippen LogP contribution in [0.1, 0.15) is 82.5 Å². The number of halogens is 1. The molecule has 190 valence electrons. The Kier molecular flexibility index (Phi) is 13.5. The van der Waals surface area contributed by atoms with Gasteiger partial charge in [0.15, 0.2) is 0 Å². The summed E-state index contributed by atoms with van der Waals surface area (Å²) in [5.41, 5.74) is -2.51. The van der Waals surface area contributed by atoms with Crippen molar-refractivity contribution >= 4 is 23.9 Å². The van der Waals surface area contributed by atoms with Gasteiger partial charge in [-0.05, 0) is 37.5 Å². The lowest BCUT2D eigenvalue weighted by Crippen LogP contribution is -2.48. The van der Waals surface area contributed by atoms with E-state index in [0.717, 1.165) is 31.4 Å². The zero-order chi connectivity index (χ0) is 25.4. The average molecular weight is 483 g/mol. The molecule has 1 aromatic rings. The molecule has 0 saturated carbocycles. The van der Waals surface area contributed by atoms with E-state index in [4.69, 9.17) is 18.9 Å². The maximum atomic E-state index is 13.6. The molecule has 0 fully saturated rings. The van der Waals surface area contributed by atoms with Gasteiger partial charge in [0.25, 0.3) is 0 Å². The van der Waals surface area contributed by atoms with E-state index in [9.17, 15) is 23.6 Å². The highest BCUT2D eigenvalue weighted by Gasteiger charge is 2.49. The van der Waals surface area contributed by atoms with Crippen molar-refractivity contribution in [2.24, 2.45) is 0 Å². The fourth-order valence-electron chi connectivity index (χ4n) is 2.84. The first-order valence-corrected chi connectivity index (χ1v) is 11.7. The van der Waals surface area contributed by atoms with E-state index in [2.05, 4.69) is 0 Å². The van der Waals surface area contributed by atoms with Crippen molar-refractivity contribution in [1.82, 2.24) is 0 Å². The van der Waals surface area contributed by atoms with Crippen molar-refractivity contribution in [2.45, 2.75) is 77.7 Å². The number of hydrogen-bond acceptors (Lipinski definition) is 8. The number of benzene rings is 1. The number of unbranched alkanes of at least 4 members (excludes halogenated alkanes) is 3. The van der Waals surface area contributed by atoms with Crippen LogP contribution >= 0.6 is 0 Å². The van der Waals surface area contributed by atoms with Crippen molar-refractivity contribution in [1.29, 1.82) is 0 Å². The van der Waals surface area contributed by atoms with Gasteiger partial charge in [0.1, 0.15) is 5.82 Å². The summed E-state index contributed by atoms with van der Waals surface area (Å²) in [6.45, 7) is 5.93. The Morgan fingerprint density at radius 3 is 1.76 bits per heavy atom. The Morgan fingerprint density at radius 1 is 0.794 bits per heavy atom. The van der Waals surface area contributed by atoms with Crippen LogP contribution in [0.3, 0.4) is 0 Å². The van der Waals surface area contributed by atoms with Crippen LogP contribution in [0.2, 0.25) is 0 Å². The molecule has 1 rings (SSSR count). The molecule has 0 aliphatic rings. The Bertz CT molecular complexity index is 784. The maximum absolute atomic E-state index is 13.6. The van der Waals surface area contributed by atoms with Crippen LogP contribution < -0.4 is 0 Å². The summed E-state index contributed by atoms with van der Waals surface area (Å²) in [4.78, 5) is 51.0. The van der Waals surface area contributed by atoms with Crippen molar-refractivity contribution in [2.75, 3.05) is 19.8 Å². The van der Waals surface area contributed by atoms with Crippen molar-refractivity contribution < 1.29 is 42.5 Å². The van der Waals surface area contributed by atoms with Crippen LogP contribution in [0.4, 0.5) is 4.39 Å². The largest absolute Gasteiger partial charge is 0.466 e. The summed E-state index contributed by atoms with van der Waals surface area (Å²) >= 11 is 0. The van der Waals surface area contributed by atoms with Gasteiger partial charge in [-0.1, -0.05) is 46.1 Å². The van der Waals surface area contributed by atoms with E-state index in [-0.39, 0.29) is 25.4 Å². The molecule has 0 aliphatic heterocycles. The highest BCUT2D eigenvalue weighted by molar-refractivity contribution is 5.96. The van der Waals surface area contributed by atoms with Crippen LogP contribution in [0.15, 0.2) is 24.3 Å². The van der Waals surface area contributed by atoms with E-state index in [1.165, 1.54) is 12.1 Å². The third-order valence-electron chi connectivity index (χ3n) is 4.83. The Labute approximate surface area is 200 Å². The molecule has 0 amide bonds. The predicted octanol–water partition coefficient (Wildman–Crippen LogP) is 4.53. The van der Waals surface area contributed by atoms with Gasteiger partial charge in [-0.2, -0.15) is 0 Å². The van der Waals surface area contributed by atoms with Crippen LogP contribution in [-0.2, 0) is 33.3 Å². The van der Waals surface area contributed by atoms with Gasteiger partial charge in [0.2, 0.25) is 5.60 Å². The fraction of sp³-hybridized carbons (Fsp3) is 0.600. The first kappa shape index (κ1) is 29.1. The number of ether oxygens (including phenoxy) is 4. The highest BCUT2D eigenvalue weighted by Crippen LogP contribution is 2.27. The molecular formula is C25H35FO8. The summed E-state index contributed by atoms with van der Waals surface area (Å²) in [7, 11) is 0. The number of carbonyl (C=O) groups excluding carboxylic acids is 4. The lowest BCUT2D eigenvalue weighted by atomic mass is 9.94. The van der Waals surface area contributed by atoms with Crippen LogP contribution in [-0.4, -0.2) is 49.3 Å². The minimum atomic E-state index is -2.32. The second-order valence-corrected chi connectivity index (χ2v) is 7.89. The van der Waals surface area contributed by atoms with E-state index in [1.54, 1.807) is 0 Å². The Morgan fingerprint density at radius 2 is 1.29 bits per heavy atom. The minimum absolute atomic E-state index is 0.00433. The average Bonchev–Trinajstić information content (AvgIpc) is 2.79. The molecular weight excluding hydrogens is 447 g/mol. The second kappa shape index (κ2) is 15.8. The molecule has 8 nitrogen and oxygen atoms in total. The monoisotopic (exact) mass is 482 g/mol. The van der Waals surface area contributed by atoms with E-state index in [0.29, 0.717) is 19.3 Å². The molecule has 0 radical (unpaired) electrons. The SMILES string of the molecule is CCCCOC(=O)CC(CC(=O)OCCCC)(OC(=O)c1cccc(F)c1)C(=O)OCCCC. The van der Waals surface area contributed by atoms with Crippen LogP contribution in [0, 0.1) is 5.82 Å². The van der Waals surface area contributed by atoms with Crippen molar-refractivity contribution in [3.8, 4) is 0 Å². The van der Waals surface area contributed by atoms with Gasteiger partial charge in [0, 0.05) is 0 Å².